The van der Waals surface area contributed by atoms with E-state index in [1.807, 2.05) is 6.20 Å². The van der Waals surface area contributed by atoms with E-state index >= 15 is 0 Å². The molecule has 26 heavy (non-hydrogen) atoms. The standard InChI is InChI=1S/C18H25FN4OS.HI/c1-3-16-13-23-17(25-16)9-11-22-18(20-2)21-10-4-12-24-15-7-5-14(19)6-8-15;/h5-8,13H,3-4,9-12H2,1-2H3,(H2,20,21,22);1H. The molecule has 0 radical (unpaired) electrons. The van der Waals surface area contributed by atoms with E-state index in [0.717, 1.165) is 43.3 Å². The van der Waals surface area contributed by atoms with Crippen LogP contribution in [0, 0.1) is 5.82 Å². The number of aliphatic imine (C=N–C) groups is 1. The second-order valence-electron chi connectivity index (χ2n) is 5.41. The Bertz CT molecular complexity index is 663. The van der Waals surface area contributed by atoms with Gasteiger partial charge in [-0.3, -0.25) is 4.99 Å². The van der Waals surface area contributed by atoms with Gasteiger partial charge < -0.3 is 15.4 Å². The lowest BCUT2D eigenvalue weighted by Crippen LogP contribution is -2.39. The number of aryl methyl sites for hydroxylation is 1. The van der Waals surface area contributed by atoms with Gasteiger partial charge in [-0.05, 0) is 37.1 Å². The third-order valence-electron chi connectivity index (χ3n) is 3.50. The Balaban J connectivity index is 0.00000338. The van der Waals surface area contributed by atoms with Crippen molar-refractivity contribution in [3.8, 4) is 5.75 Å². The number of halogens is 2. The van der Waals surface area contributed by atoms with Gasteiger partial charge >= 0.3 is 0 Å². The number of nitrogens with zero attached hydrogens (tertiary/aromatic N) is 2. The average Bonchev–Trinajstić information content (AvgIpc) is 3.09. The summed E-state index contributed by atoms with van der Waals surface area (Å²) in [6.45, 7) is 4.25. The molecule has 0 aliphatic heterocycles. The van der Waals surface area contributed by atoms with Crippen LogP contribution in [0.3, 0.4) is 0 Å². The number of guanidine groups is 1. The molecule has 0 atom stereocenters. The number of benzene rings is 1. The number of ether oxygens (including phenoxy) is 1. The van der Waals surface area contributed by atoms with Gasteiger partial charge in [0, 0.05) is 37.6 Å². The molecule has 2 rings (SSSR count). The quantitative estimate of drug-likeness (QED) is 0.243. The van der Waals surface area contributed by atoms with Crippen LogP contribution in [0.2, 0.25) is 0 Å². The van der Waals surface area contributed by atoms with E-state index in [2.05, 4.69) is 27.5 Å². The lowest BCUT2D eigenvalue weighted by molar-refractivity contribution is 0.310. The molecule has 2 aromatic rings. The summed E-state index contributed by atoms with van der Waals surface area (Å²) in [6.07, 6.45) is 4.70. The van der Waals surface area contributed by atoms with Gasteiger partial charge in [0.1, 0.15) is 11.6 Å². The van der Waals surface area contributed by atoms with Crippen LogP contribution in [0.1, 0.15) is 23.2 Å². The first-order chi connectivity index (χ1) is 12.2. The third-order valence-corrected chi connectivity index (χ3v) is 4.70. The van der Waals surface area contributed by atoms with Gasteiger partial charge in [-0.1, -0.05) is 6.92 Å². The highest BCUT2D eigenvalue weighted by Crippen LogP contribution is 2.13. The molecule has 144 valence electrons. The van der Waals surface area contributed by atoms with E-state index in [0.29, 0.717) is 12.4 Å². The fourth-order valence-corrected chi connectivity index (χ4v) is 3.00. The van der Waals surface area contributed by atoms with Gasteiger partial charge in [-0.2, -0.15) is 0 Å². The van der Waals surface area contributed by atoms with Crippen LogP contribution in [-0.4, -0.2) is 37.7 Å². The molecule has 0 saturated carbocycles. The third kappa shape index (κ3) is 8.31. The van der Waals surface area contributed by atoms with Gasteiger partial charge in [-0.15, -0.1) is 35.3 Å². The molecule has 0 spiro atoms. The van der Waals surface area contributed by atoms with Crippen LogP contribution in [0.25, 0.3) is 0 Å². The molecule has 1 aromatic heterocycles. The van der Waals surface area contributed by atoms with Crippen molar-refractivity contribution in [3.63, 3.8) is 0 Å². The van der Waals surface area contributed by atoms with E-state index in [4.69, 9.17) is 4.74 Å². The molecule has 0 unspecified atom stereocenters. The van der Waals surface area contributed by atoms with Crippen LogP contribution < -0.4 is 15.4 Å². The maximum atomic E-state index is 12.8. The van der Waals surface area contributed by atoms with Crippen molar-refractivity contribution in [1.82, 2.24) is 15.6 Å². The van der Waals surface area contributed by atoms with Crippen LogP contribution in [0.15, 0.2) is 35.5 Å². The molecule has 0 bridgehead atoms. The minimum absolute atomic E-state index is 0. The summed E-state index contributed by atoms with van der Waals surface area (Å²) in [7, 11) is 1.75. The number of nitrogens with one attached hydrogen (secondary N) is 2. The Labute approximate surface area is 175 Å². The molecule has 0 saturated heterocycles. The molecular formula is C18H26FIN4OS. The number of hydrogen-bond donors (Lipinski definition) is 2. The summed E-state index contributed by atoms with van der Waals surface area (Å²) in [4.78, 5) is 9.93. The zero-order valence-electron chi connectivity index (χ0n) is 15.1. The van der Waals surface area contributed by atoms with E-state index in [1.54, 1.807) is 30.5 Å². The summed E-state index contributed by atoms with van der Waals surface area (Å²) < 4.78 is 18.4. The molecule has 2 N–H and O–H groups in total. The number of thiazole rings is 1. The molecule has 0 amide bonds. The van der Waals surface area contributed by atoms with Gasteiger partial charge in [0.25, 0.3) is 0 Å². The van der Waals surface area contributed by atoms with E-state index in [1.165, 1.54) is 17.0 Å². The Morgan fingerprint density at radius 2 is 1.96 bits per heavy atom. The highest BCUT2D eigenvalue weighted by Gasteiger charge is 2.02. The summed E-state index contributed by atoms with van der Waals surface area (Å²) >= 11 is 1.76. The summed E-state index contributed by atoms with van der Waals surface area (Å²) in [5.74, 6) is 1.19. The van der Waals surface area contributed by atoms with Crippen molar-refractivity contribution >= 4 is 41.3 Å². The Morgan fingerprint density at radius 3 is 2.62 bits per heavy atom. The number of rotatable bonds is 9. The van der Waals surface area contributed by atoms with Crippen LogP contribution in [0.5, 0.6) is 5.75 Å². The normalized spacial score (nSPS) is 11.0. The highest BCUT2D eigenvalue weighted by molar-refractivity contribution is 14.0. The zero-order valence-corrected chi connectivity index (χ0v) is 18.3. The van der Waals surface area contributed by atoms with Crippen LogP contribution >= 0.6 is 35.3 Å². The maximum absolute atomic E-state index is 12.8. The molecule has 0 aliphatic rings. The van der Waals surface area contributed by atoms with Crippen LogP contribution in [0.4, 0.5) is 4.39 Å². The lowest BCUT2D eigenvalue weighted by Gasteiger charge is -2.11. The predicted octanol–water partition coefficient (Wildman–Crippen LogP) is 3.64. The van der Waals surface area contributed by atoms with Crippen molar-refractivity contribution in [2.45, 2.75) is 26.2 Å². The molecule has 0 aliphatic carbocycles. The summed E-state index contributed by atoms with van der Waals surface area (Å²) in [6, 6.07) is 6.05. The van der Waals surface area contributed by atoms with Gasteiger partial charge in [0.2, 0.25) is 0 Å². The summed E-state index contributed by atoms with van der Waals surface area (Å²) in [5.41, 5.74) is 0. The highest BCUT2D eigenvalue weighted by atomic mass is 127. The minimum atomic E-state index is -0.257. The molecule has 8 heteroatoms. The van der Waals surface area contributed by atoms with E-state index < -0.39 is 0 Å². The average molecular weight is 492 g/mol. The Hall–Kier alpha value is -1.42. The first-order valence-electron chi connectivity index (χ1n) is 8.47. The van der Waals surface area contributed by atoms with Gasteiger partial charge in [0.15, 0.2) is 5.96 Å². The van der Waals surface area contributed by atoms with Crippen molar-refractivity contribution in [2.75, 3.05) is 26.7 Å². The SMILES string of the molecule is CCc1cnc(CCNC(=NC)NCCCOc2ccc(F)cc2)s1.I. The first-order valence-corrected chi connectivity index (χ1v) is 9.29. The lowest BCUT2D eigenvalue weighted by atomic mass is 10.3. The van der Waals surface area contributed by atoms with E-state index in [-0.39, 0.29) is 29.8 Å². The van der Waals surface area contributed by atoms with Gasteiger partial charge in [0.05, 0.1) is 11.6 Å². The number of hydrogen-bond acceptors (Lipinski definition) is 4. The second kappa shape index (κ2) is 12.9. The fourth-order valence-electron chi connectivity index (χ4n) is 2.14. The monoisotopic (exact) mass is 492 g/mol. The van der Waals surface area contributed by atoms with Gasteiger partial charge in [-0.25, -0.2) is 9.37 Å². The summed E-state index contributed by atoms with van der Waals surface area (Å²) in [5, 5.41) is 7.68. The van der Waals surface area contributed by atoms with Crippen molar-refractivity contribution in [2.24, 2.45) is 4.99 Å². The molecule has 1 aromatic carbocycles. The number of aromatic nitrogens is 1. The fraction of sp³-hybridized carbons (Fsp3) is 0.444. The zero-order chi connectivity index (χ0) is 17.9. The molecular weight excluding hydrogens is 466 g/mol. The minimum Gasteiger partial charge on any atom is -0.494 e. The Kier molecular flexibility index (Phi) is 11.2. The predicted molar refractivity (Wildman–Crippen MR) is 116 cm³/mol. The second-order valence-corrected chi connectivity index (χ2v) is 6.61. The van der Waals surface area contributed by atoms with Crippen molar-refractivity contribution in [1.29, 1.82) is 0 Å². The Morgan fingerprint density at radius 1 is 1.23 bits per heavy atom. The molecule has 1 heterocycles. The first kappa shape index (κ1) is 22.6. The largest absolute Gasteiger partial charge is 0.494 e. The van der Waals surface area contributed by atoms with E-state index in [9.17, 15) is 4.39 Å². The smallest absolute Gasteiger partial charge is 0.190 e. The van der Waals surface area contributed by atoms with Crippen LogP contribution in [-0.2, 0) is 12.8 Å². The maximum Gasteiger partial charge on any atom is 0.190 e. The molecule has 5 nitrogen and oxygen atoms in total. The molecule has 0 fully saturated rings. The van der Waals surface area contributed by atoms with Crippen molar-refractivity contribution < 1.29 is 9.13 Å². The topological polar surface area (TPSA) is 58.5 Å². The van der Waals surface area contributed by atoms with Crippen molar-refractivity contribution in [3.05, 3.63) is 46.2 Å².